The van der Waals surface area contributed by atoms with Gasteiger partial charge in [0.15, 0.2) is 8.07 Å². The summed E-state index contributed by atoms with van der Waals surface area (Å²) in [5, 5.41) is 15.3. The quantitative estimate of drug-likeness (QED) is 0.107. The molecule has 5 heteroatoms. The van der Waals surface area contributed by atoms with Crippen molar-refractivity contribution in [1.82, 2.24) is 18.3 Å². The van der Waals surface area contributed by atoms with Gasteiger partial charge in [-0.2, -0.15) is 0 Å². The Labute approximate surface area is 445 Å². The number of aromatic nitrogens is 4. The van der Waals surface area contributed by atoms with Crippen molar-refractivity contribution < 1.29 is 0 Å². The summed E-state index contributed by atoms with van der Waals surface area (Å²) in [6, 6.07) is 108. The highest BCUT2D eigenvalue weighted by Crippen LogP contribution is 2.43. The normalized spacial score (nSPS) is 12.2. The summed E-state index contributed by atoms with van der Waals surface area (Å²) >= 11 is 0. The van der Waals surface area contributed by atoms with E-state index in [4.69, 9.17) is 0 Å². The molecular weight excluding hydrogens is 949 g/mol. The minimum Gasteiger partial charge on any atom is -0.309 e. The van der Waals surface area contributed by atoms with Crippen LogP contribution in [-0.2, 0) is 0 Å². The molecule has 0 atom stereocenters. The van der Waals surface area contributed by atoms with Gasteiger partial charge >= 0.3 is 0 Å². The fourth-order valence-electron chi connectivity index (χ4n) is 13.3. The van der Waals surface area contributed by atoms with Crippen molar-refractivity contribution in [1.29, 1.82) is 0 Å². The zero-order chi connectivity index (χ0) is 50.6. The summed E-state index contributed by atoms with van der Waals surface area (Å²) in [7, 11) is -2.78. The van der Waals surface area contributed by atoms with Crippen molar-refractivity contribution in [3.8, 4) is 22.7 Å². The predicted octanol–water partition coefficient (Wildman–Crippen LogP) is 15.5. The maximum absolute atomic E-state index is 2.78. The van der Waals surface area contributed by atoms with Gasteiger partial charge in [-0.15, -0.1) is 0 Å². The van der Waals surface area contributed by atoms with E-state index in [2.05, 4.69) is 309 Å². The molecule has 77 heavy (non-hydrogen) atoms. The van der Waals surface area contributed by atoms with Gasteiger partial charge in [0.2, 0.25) is 0 Å². The highest BCUT2D eigenvalue weighted by molar-refractivity contribution is 7.19. The summed E-state index contributed by atoms with van der Waals surface area (Å²) in [5.41, 5.74) is 14.1. The third-order valence-corrected chi connectivity index (χ3v) is 21.2. The molecule has 4 aromatic heterocycles. The molecule has 0 aliphatic carbocycles. The Morgan fingerprint density at radius 2 is 0.545 bits per heavy atom. The van der Waals surface area contributed by atoms with Crippen LogP contribution in [0.1, 0.15) is 0 Å². The lowest BCUT2D eigenvalue weighted by atomic mass is 10.1. The Hall–Kier alpha value is -9.94. The van der Waals surface area contributed by atoms with Gasteiger partial charge in [0.1, 0.15) is 0 Å². The third-order valence-electron chi connectivity index (χ3n) is 16.5. The molecule has 12 aromatic carbocycles. The highest BCUT2D eigenvalue weighted by Gasteiger charge is 2.41. The Balaban J connectivity index is 0.881. The molecule has 0 amide bonds. The molecule has 0 aliphatic rings. The molecule has 0 aliphatic heterocycles. The maximum atomic E-state index is 2.48. The van der Waals surface area contributed by atoms with Crippen molar-refractivity contribution in [3.63, 3.8) is 0 Å². The SMILES string of the molecule is c1ccc(-n2c3ccccc3c3ccc4c(c5ccccc5n4-c4ccc5c(c4)c4ccccc4n5-c4ccc5c(c4)c4ccccc4n5-c4cccc([Si](c5ccccc5)(c5ccccc5)c5ccccc5)c4)c32)cc1. The Kier molecular flexibility index (Phi) is 9.62. The van der Waals surface area contributed by atoms with Crippen LogP contribution in [0.15, 0.2) is 291 Å². The van der Waals surface area contributed by atoms with E-state index in [0.717, 1.165) is 22.7 Å². The van der Waals surface area contributed by atoms with Crippen LogP contribution in [0, 0.1) is 0 Å². The van der Waals surface area contributed by atoms with Crippen molar-refractivity contribution in [2.24, 2.45) is 0 Å². The third kappa shape index (κ3) is 6.32. The van der Waals surface area contributed by atoms with Gasteiger partial charge < -0.3 is 18.3 Å². The number of hydrogen-bond acceptors (Lipinski definition) is 0. The van der Waals surface area contributed by atoms with Crippen LogP contribution in [0.4, 0.5) is 0 Å². The first-order valence-corrected chi connectivity index (χ1v) is 28.6. The van der Waals surface area contributed by atoms with Gasteiger partial charge in [-0.05, 0) is 112 Å². The molecule has 0 unspecified atom stereocenters. The molecule has 0 bridgehead atoms. The Morgan fingerprint density at radius 3 is 1.06 bits per heavy atom. The molecule has 16 aromatic rings. The number of para-hydroxylation sites is 5. The van der Waals surface area contributed by atoms with Crippen LogP contribution in [0.5, 0.6) is 0 Å². The van der Waals surface area contributed by atoms with E-state index in [-0.39, 0.29) is 0 Å². The van der Waals surface area contributed by atoms with E-state index in [1.165, 1.54) is 108 Å². The molecule has 4 heterocycles. The summed E-state index contributed by atoms with van der Waals surface area (Å²) in [4.78, 5) is 0. The minimum absolute atomic E-state index is 1.13. The molecular formula is C72H48N4Si. The average molecular weight is 997 g/mol. The first-order valence-electron chi connectivity index (χ1n) is 26.6. The number of benzene rings is 12. The van der Waals surface area contributed by atoms with Crippen molar-refractivity contribution in [3.05, 3.63) is 291 Å². The standard InChI is InChI=1S/C72H48N4Si/c1-5-22-49(23-6-1)76-66-38-19-13-32-57(66)60-42-45-70-71(72(60)76)61-35-16-20-39-67(61)75(70)52-41-44-69-63(48-52)59-34-15-18-37-65(59)74(69)51-40-43-68-62(47-51)58-33-14-17-36-64(58)73(68)50-24-21-31-56(46-50)77(53-25-7-2-8-26-53,54-27-9-3-10-28-54)55-29-11-4-12-30-55/h1-48H. The summed E-state index contributed by atoms with van der Waals surface area (Å²) in [5.74, 6) is 0. The molecule has 360 valence electrons. The molecule has 0 radical (unpaired) electrons. The fraction of sp³-hybridized carbons (Fsp3) is 0. The van der Waals surface area contributed by atoms with Gasteiger partial charge in [0.25, 0.3) is 0 Å². The second-order valence-corrected chi connectivity index (χ2v) is 24.2. The lowest BCUT2D eigenvalue weighted by Gasteiger charge is -2.34. The van der Waals surface area contributed by atoms with Crippen LogP contribution >= 0.6 is 0 Å². The van der Waals surface area contributed by atoms with Crippen molar-refractivity contribution >= 4 is 116 Å². The van der Waals surface area contributed by atoms with E-state index in [1.54, 1.807) is 0 Å². The molecule has 4 nitrogen and oxygen atoms in total. The topological polar surface area (TPSA) is 19.7 Å². The molecule has 0 saturated carbocycles. The number of fused-ring (bicyclic) bond motifs is 13. The number of rotatable bonds is 8. The molecule has 0 N–H and O–H groups in total. The van der Waals surface area contributed by atoms with Gasteiger partial charge in [-0.3, -0.25) is 0 Å². The van der Waals surface area contributed by atoms with Crippen LogP contribution in [0.25, 0.3) is 110 Å². The van der Waals surface area contributed by atoms with E-state index in [1.807, 2.05) is 0 Å². The summed E-state index contributed by atoms with van der Waals surface area (Å²) in [6.45, 7) is 0. The lowest BCUT2D eigenvalue weighted by Crippen LogP contribution is -2.74. The molecule has 0 saturated heterocycles. The zero-order valence-electron chi connectivity index (χ0n) is 42.0. The minimum atomic E-state index is -2.78. The van der Waals surface area contributed by atoms with Crippen LogP contribution in [0.2, 0.25) is 0 Å². The number of hydrogen-bond donors (Lipinski definition) is 0. The van der Waals surface area contributed by atoms with Gasteiger partial charge in [0.05, 0.1) is 44.1 Å². The van der Waals surface area contributed by atoms with Crippen LogP contribution in [-0.4, -0.2) is 26.3 Å². The first kappa shape index (κ1) is 43.5. The number of nitrogens with zero attached hydrogens (tertiary/aromatic N) is 4. The smallest absolute Gasteiger partial charge is 0.179 e. The van der Waals surface area contributed by atoms with Crippen molar-refractivity contribution in [2.75, 3.05) is 0 Å². The summed E-state index contributed by atoms with van der Waals surface area (Å²) in [6.07, 6.45) is 0. The highest BCUT2D eigenvalue weighted by atomic mass is 28.3. The summed E-state index contributed by atoms with van der Waals surface area (Å²) < 4.78 is 9.88. The van der Waals surface area contributed by atoms with Crippen molar-refractivity contribution in [2.45, 2.75) is 0 Å². The van der Waals surface area contributed by atoms with Gasteiger partial charge in [0, 0.05) is 65.8 Å². The van der Waals surface area contributed by atoms with Crippen LogP contribution in [0.3, 0.4) is 0 Å². The van der Waals surface area contributed by atoms with Gasteiger partial charge in [-0.25, -0.2) is 0 Å². The lowest BCUT2D eigenvalue weighted by molar-refractivity contribution is 1.16. The first-order chi connectivity index (χ1) is 38.2. The molecule has 16 rings (SSSR count). The van der Waals surface area contributed by atoms with E-state index >= 15 is 0 Å². The zero-order valence-corrected chi connectivity index (χ0v) is 43.0. The van der Waals surface area contributed by atoms with Crippen LogP contribution < -0.4 is 20.7 Å². The average Bonchev–Trinajstić information content (AvgIpc) is 4.45. The monoisotopic (exact) mass is 996 g/mol. The van der Waals surface area contributed by atoms with E-state index < -0.39 is 8.07 Å². The van der Waals surface area contributed by atoms with E-state index in [0.29, 0.717) is 0 Å². The van der Waals surface area contributed by atoms with Gasteiger partial charge in [-0.1, -0.05) is 200 Å². The van der Waals surface area contributed by atoms with E-state index in [9.17, 15) is 0 Å². The largest absolute Gasteiger partial charge is 0.309 e. The second kappa shape index (κ2) is 17.0. The Bertz CT molecular complexity index is 4870. The Morgan fingerprint density at radius 1 is 0.195 bits per heavy atom. The fourth-order valence-corrected chi connectivity index (χ4v) is 18.1. The second-order valence-electron chi connectivity index (χ2n) is 20.4. The molecule has 0 fully saturated rings. The molecule has 0 spiro atoms. The predicted molar refractivity (Wildman–Crippen MR) is 327 cm³/mol. The maximum Gasteiger partial charge on any atom is 0.179 e.